The van der Waals surface area contributed by atoms with Crippen molar-refractivity contribution in [3.63, 3.8) is 0 Å². The lowest BCUT2D eigenvalue weighted by Crippen LogP contribution is -2.49. The Morgan fingerprint density at radius 2 is 1.81 bits per heavy atom. The molecule has 2 fully saturated rings. The van der Waals surface area contributed by atoms with Crippen LogP contribution in [0.3, 0.4) is 0 Å². The summed E-state index contributed by atoms with van der Waals surface area (Å²) in [7, 11) is 0. The molecule has 27 heavy (non-hydrogen) atoms. The van der Waals surface area contributed by atoms with Crippen molar-refractivity contribution in [3.05, 3.63) is 30.6 Å². The second-order valence-corrected chi connectivity index (χ2v) is 7.64. The predicted octanol–water partition coefficient (Wildman–Crippen LogP) is 2.59. The number of imidazole rings is 1. The second-order valence-electron chi connectivity index (χ2n) is 7.64. The normalized spacial score (nSPS) is 18.3. The molecule has 3 heterocycles. The minimum atomic E-state index is 0.318. The monoisotopic (exact) mass is 368 g/mol. The SMILES string of the molecule is Cc1nccn1-c1cc(N2CCN(C(=O)CCC3CCCC3)CC2)ncn1. The molecule has 144 valence electrons. The fraction of sp³-hybridized carbons (Fsp3) is 0.600. The molecule has 1 aliphatic carbocycles. The lowest BCUT2D eigenvalue weighted by atomic mass is 10.0. The standard InChI is InChI=1S/C20H28N6O/c1-16-21-8-9-26(16)19-14-18(22-15-23-19)24-10-12-25(13-11-24)20(27)7-6-17-4-2-3-5-17/h8-9,14-15,17H,2-7,10-13H2,1H3. The van der Waals surface area contributed by atoms with Crippen LogP contribution in [0.5, 0.6) is 0 Å². The highest BCUT2D eigenvalue weighted by Crippen LogP contribution is 2.28. The first-order chi connectivity index (χ1) is 13.2. The Hall–Kier alpha value is -2.44. The van der Waals surface area contributed by atoms with Gasteiger partial charge in [0.15, 0.2) is 0 Å². The lowest BCUT2D eigenvalue weighted by Gasteiger charge is -2.35. The topological polar surface area (TPSA) is 67.2 Å². The zero-order valence-corrected chi connectivity index (χ0v) is 16.0. The molecular formula is C20H28N6O. The summed E-state index contributed by atoms with van der Waals surface area (Å²) in [6, 6.07) is 1.99. The van der Waals surface area contributed by atoms with E-state index in [1.165, 1.54) is 25.7 Å². The molecule has 2 aromatic heterocycles. The van der Waals surface area contributed by atoms with E-state index in [0.717, 1.165) is 56.0 Å². The van der Waals surface area contributed by atoms with Crippen LogP contribution in [0.1, 0.15) is 44.3 Å². The molecule has 2 aromatic rings. The molecule has 0 N–H and O–H groups in total. The summed E-state index contributed by atoms with van der Waals surface area (Å²) in [4.78, 5) is 29.8. The predicted molar refractivity (Wildman–Crippen MR) is 104 cm³/mol. The van der Waals surface area contributed by atoms with E-state index < -0.39 is 0 Å². The quantitative estimate of drug-likeness (QED) is 0.811. The number of carbonyl (C=O) groups excluding carboxylic acids is 1. The largest absolute Gasteiger partial charge is 0.353 e. The number of hydrogen-bond donors (Lipinski definition) is 0. The number of piperazine rings is 1. The van der Waals surface area contributed by atoms with Gasteiger partial charge in [0, 0.05) is 51.1 Å². The molecule has 0 bridgehead atoms. The first kappa shape index (κ1) is 17.9. The number of anilines is 1. The Labute approximate surface area is 160 Å². The second kappa shape index (κ2) is 8.06. The van der Waals surface area contributed by atoms with Gasteiger partial charge in [-0.05, 0) is 19.3 Å². The van der Waals surface area contributed by atoms with E-state index >= 15 is 0 Å². The van der Waals surface area contributed by atoms with E-state index in [1.807, 2.05) is 28.7 Å². The lowest BCUT2D eigenvalue weighted by molar-refractivity contribution is -0.131. The van der Waals surface area contributed by atoms with Crippen LogP contribution >= 0.6 is 0 Å². The Morgan fingerprint density at radius 1 is 1.07 bits per heavy atom. The van der Waals surface area contributed by atoms with E-state index in [0.29, 0.717) is 12.3 Å². The highest BCUT2D eigenvalue weighted by Gasteiger charge is 2.23. The maximum absolute atomic E-state index is 12.5. The molecule has 7 heteroatoms. The summed E-state index contributed by atoms with van der Waals surface area (Å²) in [5.74, 6) is 3.73. The number of rotatable bonds is 5. The number of aromatic nitrogens is 4. The molecule has 4 rings (SSSR count). The van der Waals surface area contributed by atoms with Crippen LogP contribution in [0.2, 0.25) is 0 Å². The smallest absolute Gasteiger partial charge is 0.222 e. The first-order valence-corrected chi connectivity index (χ1v) is 10.1. The molecule has 0 spiro atoms. The molecule has 0 unspecified atom stereocenters. The van der Waals surface area contributed by atoms with E-state index in [-0.39, 0.29) is 0 Å². The van der Waals surface area contributed by atoms with Crippen LogP contribution in [0.15, 0.2) is 24.8 Å². The highest BCUT2D eigenvalue weighted by molar-refractivity contribution is 5.76. The molecule has 7 nitrogen and oxygen atoms in total. The highest BCUT2D eigenvalue weighted by atomic mass is 16.2. The van der Waals surface area contributed by atoms with Gasteiger partial charge >= 0.3 is 0 Å². The van der Waals surface area contributed by atoms with Gasteiger partial charge in [0.05, 0.1) is 0 Å². The van der Waals surface area contributed by atoms with E-state index in [9.17, 15) is 4.79 Å². The molecular weight excluding hydrogens is 340 g/mol. The summed E-state index contributed by atoms with van der Waals surface area (Å²) in [5.41, 5.74) is 0. The Kier molecular flexibility index (Phi) is 5.36. The Morgan fingerprint density at radius 3 is 2.52 bits per heavy atom. The third-order valence-corrected chi connectivity index (χ3v) is 5.91. The van der Waals surface area contributed by atoms with Crippen molar-refractivity contribution in [1.29, 1.82) is 0 Å². The number of carbonyl (C=O) groups is 1. The maximum Gasteiger partial charge on any atom is 0.222 e. The molecule has 1 amide bonds. The average Bonchev–Trinajstić information content (AvgIpc) is 3.38. The van der Waals surface area contributed by atoms with Crippen molar-refractivity contribution >= 4 is 11.7 Å². The van der Waals surface area contributed by atoms with Crippen molar-refractivity contribution in [1.82, 2.24) is 24.4 Å². The minimum Gasteiger partial charge on any atom is -0.353 e. The zero-order chi connectivity index (χ0) is 18.6. The van der Waals surface area contributed by atoms with Crippen molar-refractivity contribution in [3.8, 4) is 5.82 Å². The molecule has 1 saturated heterocycles. The van der Waals surface area contributed by atoms with E-state index in [2.05, 4.69) is 19.9 Å². The summed E-state index contributed by atoms with van der Waals surface area (Å²) < 4.78 is 1.95. The summed E-state index contributed by atoms with van der Waals surface area (Å²) in [6.45, 7) is 5.13. The van der Waals surface area contributed by atoms with E-state index in [1.54, 1.807) is 12.5 Å². The van der Waals surface area contributed by atoms with Gasteiger partial charge < -0.3 is 9.80 Å². The van der Waals surface area contributed by atoms with Crippen LogP contribution in [0.4, 0.5) is 5.82 Å². The van der Waals surface area contributed by atoms with Crippen LogP contribution < -0.4 is 4.90 Å². The third-order valence-electron chi connectivity index (χ3n) is 5.91. The van der Waals surface area contributed by atoms with Gasteiger partial charge in [-0.15, -0.1) is 0 Å². The average molecular weight is 368 g/mol. The first-order valence-electron chi connectivity index (χ1n) is 10.1. The molecule has 2 aliphatic rings. The van der Waals surface area contributed by atoms with Crippen LogP contribution in [0.25, 0.3) is 5.82 Å². The van der Waals surface area contributed by atoms with Gasteiger partial charge in [-0.25, -0.2) is 15.0 Å². The Balaban J connectivity index is 1.32. The van der Waals surface area contributed by atoms with Crippen LogP contribution in [-0.2, 0) is 4.79 Å². The molecule has 1 saturated carbocycles. The fourth-order valence-electron chi connectivity index (χ4n) is 4.23. The van der Waals surface area contributed by atoms with Crippen molar-refractivity contribution in [2.45, 2.75) is 45.4 Å². The van der Waals surface area contributed by atoms with Crippen LogP contribution in [-0.4, -0.2) is 56.5 Å². The molecule has 1 aliphatic heterocycles. The summed E-state index contributed by atoms with van der Waals surface area (Å²) in [6.07, 6.45) is 12.4. The third kappa shape index (κ3) is 4.12. The fourth-order valence-corrected chi connectivity index (χ4v) is 4.23. The zero-order valence-electron chi connectivity index (χ0n) is 16.0. The number of amides is 1. The number of hydrogen-bond acceptors (Lipinski definition) is 5. The van der Waals surface area contributed by atoms with Gasteiger partial charge in [0.1, 0.15) is 23.8 Å². The van der Waals surface area contributed by atoms with Gasteiger partial charge in [-0.1, -0.05) is 25.7 Å². The maximum atomic E-state index is 12.5. The number of nitrogens with zero attached hydrogens (tertiary/aromatic N) is 6. The molecule has 0 radical (unpaired) electrons. The van der Waals surface area contributed by atoms with Crippen molar-refractivity contribution < 1.29 is 4.79 Å². The Bertz CT molecular complexity index is 774. The van der Waals surface area contributed by atoms with Gasteiger partial charge in [-0.2, -0.15) is 0 Å². The van der Waals surface area contributed by atoms with Gasteiger partial charge in [0.2, 0.25) is 5.91 Å². The summed E-state index contributed by atoms with van der Waals surface area (Å²) in [5, 5.41) is 0. The van der Waals surface area contributed by atoms with E-state index in [4.69, 9.17) is 0 Å². The summed E-state index contributed by atoms with van der Waals surface area (Å²) >= 11 is 0. The number of aryl methyl sites for hydroxylation is 1. The van der Waals surface area contributed by atoms with Crippen molar-refractivity contribution in [2.75, 3.05) is 31.1 Å². The molecule has 0 atom stereocenters. The van der Waals surface area contributed by atoms with Gasteiger partial charge in [0.25, 0.3) is 0 Å². The van der Waals surface area contributed by atoms with Gasteiger partial charge in [-0.3, -0.25) is 9.36 Å². The van der Waals surface area contributed by atoms with Crippen LogP contribution in [0, 0.1) is 12.8 Å². The molecule has 0 aromatic carbocycles. The van der Waals surface area contributed by atoms with Crippen molar-refractivity contribution in [2.24, 2.45) is 5.92 Å². The minimum absolute atomic E-state index is 0.318.